The fourth-order valence-corrected chi connectivity index (χ4v) is 2.74. The van der Waals surface area contributed by atoms with E-state index >= 15 is 0 Å². The Balaban J connectivity index is 2.46. The number of hydrogen-bond donors (Lipinski definition) is 5. The molecule has 0 aliphatic carbocycles. The number of benzene rings is 1. The van der Waals surface area contributed by atoms with E-state index in [9.17, 15) is 24.6 Å². The zero-order chi connectivity index (χ0) is 20.9. The lowest BCUT2D eigenvalue weighted by Gasteiger charge is -2.17. The van der Waals surface area contributed by atoms with Crippen LogP contribution >= 0.6 is 0 Å². The molecule has 3 amide bonds. The monoisotopic (exact) mass is 393 g/mol. The molecular formula is C20H31N3O5. The Labute approximate surface area is 165 Å². The summed E-state index contributed by atoms with van der Waals surface area (Å²) in [5, 5.41) is 24.0. The lowest BCUT2D eigenvalue weighted by atomic mass is 10.1. The fraction of sp³-hybridized carbons (Fsp3) is 0.550. The standard InChI is InChI=1S/C20H31N3O5/c1-2-3-4-5-6-7-19(27)23-15(13-18(21)26)20(28)22-11-10-14-8-9-16(24)17(25)12-14/h8-9,12,15,24-25H,2-7,10-11,13H2,1H3,(H2,21,26)(H,22,28)(H,23,27)/t15-/m1/s1. The summed E-state index contributed by atoms with van der Waals surface area (Å²) in [5.74, 6) is -1.89. The molecule has 0 heterocycles. The van der Waals surface area contributed by atoms with Crippen molar-refractivity contribution in [3.63, 3.8) is 0 Å². The number of hydrogen-bond acceptors (Lipinski definition) is 5. The van der Waals surface area contributed by atoms with Gasteiger partial charge in [-0.3, -0.25) is 14.4 Å². The van der Waals surface area contributed by atoms with Crippen molar-refractivity contribution in [2.45, 2.75) is 64.3 Å². The number of phenolic OH excluding ortho intramolecular Hbond substituents is 2. The molecule has 0 saturated heterocycles. The van der Waals surface area contributed by atoms with Gasteiger partial charge in [0.25, 0.3) is 0 Å². The summed E-state index contributed by atoms with van der Waals surface area (Å²) in [5.41, 5.74) is 5.91. The zero-order valence-corrected chi connectivity index (χ0v) is 16.4. The van der Waals surface area contributed by atoms with Gasteiger partial charge in [-0.2, -0.15) is 0 Å². The summed E-state index contributed by atoms with van der Waals surface area (Å²) >= 11 is 0. The van der Waals surface area contributed by atoms with E-state index in [4.69, 9.17) is 5.73 Å². The van der Waals surface area contributed by atoms with Crippen molar-refractivity contribution in [2.24, 2.45) is 5.73 Å². The number of aromatic hydroxyl groups is 2. The summed E-state index contributed by atoms with van der Waals surface area (Å²) in [6, 6.07) is 3.39. The zero-order valence-electron chi connectivity index (χ0n) is 16.4. The van der Waals surface area contributed by atoms with Crippen LogP contribution in [0.15, 0.2) is 18.2 Å². The predicted octanol–water partition coefficient (Wildman–Crippen LogP) is 1.48. The maximum atomic E-state index is 12.3. The molecule has 1 aromatic carbocycles. The highest BCUT2D eigenvalue weighted by Gasteiger charge is 2.22. The van der Waals surface area contributed by atoms with E-state index in [0.29, 0.717) is 12.8 Å². The number of amides is 3. The van der Waals surface area contributed by atoms with E-state index in [1.807, 2.05) is 0 Å². The second-order valence-electron chi connectivity index (χ2n) is 6.82. The lowest BCUT2D eigenvalue weighted by Crippen LogP contribution is -2.48. The first-order valence-corrected chi connectivity index (χ1v) is 9.69. The summed E-state index contributed by atoms with van der Waals surface area (Å²) in [4.78, 5) is 35.6. The van der Waals surface area contributed by atoms with Gasteiger partial charge in [-0.15, -0.1) is 0 Å². The molecule has 0 fully saturated rings. The van der Waals surface area contributed by atoms with Crippen LogP contribution in [0.5, 0.6) is 11.5 Å². The summed E-state index contributed by atoms with van der Waals surface area (Å²) < 4.78 is 0. The first-order valence-electron chi connectivity index (χ1n) is 9.69. The van der Waals surface area contributed by atoms with Crippen LogP contribution in [0.2, 0.25) is 0 Å². The third-order valence-corrected chi connectivity index (χ3v) is 4.32. The molecule has 0 bridgehead atoms. The molecule has 1 atom stereocenters. The molecule has 8 heteroatoms. The molecular weight excluding hydrogens is 362 g/mol. The van der Waals surface area contributed by atoms with Crippen LogP contribution in [0.25, 0.3) is 0 Å². The van der Waals surface area contributed by atoms with Crippen LogP contribution in [0.3, 0.4) is 0 Å². The minimum absolute atomic E-state index is 0.216. The number of carbonyl (C=O) groups excluding carboxylic acids is 3. The Morgan fingerprint density at radius 3 is 2.43 bits per heavy atom. The molecule has 6 N–H and O–H groups in total. The van der Waals surface area contributed by atoms with Crippen LogP contribution in [0, 0.1) is 0 Å². The average Bonchev–Trinajstić information content (AvgIpc) is 2.63. The van der Waals surface area contributed by atoms with E-state index in [1.165, 1.54) is 12.1 Å². The van der Waals surface area contributed by atoms with Gasteiger partial charge in [0.15, 0.2) is 11.5 Å². The minimum Gasteiger partial charge on any atom is -0.504 e. The van der Waals surface area contributed by atoms with Gasteiger partial charge in [-0.25, -0.2) is 0 Å². The molecule has 0 aliphatic heterocycles. The molecule has 0 aromatic heterocycles. The van der Waals surface area contributed by atoms with E-state index in [1.54, 1.807) is 6.07 Å². The van der Waals surface area contributed by atoms with Gasteiger partial charge in [-0.05, 0) is 30.5 Å². The van der Waals surface area contributed by atoms with Crippen molar-refractivity contribution in [3.8, 4) is 11.5 Å². The van der Waals surface area contributed by atoms with Crippen LogP contribution in [0.1, 0.15) is 57.4 Å². The summed E-state index contributed by atoms with van der Waals surface area (Å²) in [7, 11) is 0. The molecule has 28 heavy (non-hydrogen) atoms. The molecule has 0 radical (unpaired) electrons. The smallest absolute Gasteiger partial charge is 0.243 e. The first kappa shape index (κ1) is 23.3. The van der Waals surface area contributed by atoms with Gasteiger partial charge in [0.05, 0.1) is 6.42 Å². The highest BCUT2D eigenvalue weighted by atomic mass is 16.3. The van der Waals surface area contributed by atoms with Crippen molar-refractivity contribution in [2.75, 3.05) is 6.54 Å². The Morgan fingerprint density at radius 1 is 1.07 bits per heavy atom. The third kappa shape index (κ3) is 9.25. The Hall–Kier alpha value is -2.77. The maximum Gasteiger partial charge on any atom is 0.243 e. The van der Waals surface area contributed by atoms with Crippen LogP contribution in [-0.4, -0.2) is 40.5 Å². The summed E-state index contributed by atoms with van der Waals surface area (Å²) in [6.07, 6.45) is 5.46. The van der Waals surface area contributed by atoms with E-state index in [-0.39, 0.29) is 30.4 Å². The van der Waals surface area contributed by atoms with Crippen molar-refractivity contribution >= 4 is 17.7 Å². The second-order valence-corrected chi connectivity index (χ2v) is 6.82. The van der Waals surface area contributed by atoms with Crippen molar-refractivity contribution in [3.05, 3.63) is 23.8 Å². The second kappa shape index (κ2) is 12.6. The van der Waals surface area contributed by atoms with Crippen LogP contribution < -0.4 is 16.4 Å². The number of unbranched alkanes of at least 4 members (excludes halogenated alkanes) is 4. The molecule has 0 spiro atoms. The number of rotatable bonds is 13. The molecule has 0 unspecified atom stereocenters. The molecule has 0 saturated carbocycles. The number of phenols is 2. The fourth-order valence-electron chi connectivity index (χ4n) is 2.74. The van der Waals surface area contributed by atoms with Crippen LogP contribution in [0.4, 0.5) is 0 Å². The van der Waals surface area contributed by atoms with E-state index in [2.05, 4.69) is 17.6 Å². The predicted molar refractivity (Wildman–Crippen MR) is 106 cm³/mol. The van der Waals surface area contributed by atoms with Gasteiger partial charge < -0.3 is 26.6 Å². The maximum absolute atomic E-state index is 12.3. The molecule has 0 aliphatic rings. The van der Waals surface area contributed by atoms with Gasteiger partial charge in [-0.1, -0.05) is 38.7 Å². The van der Waals surface area contributed by atoms with Crippen molar-refractivity contribution in [1.29, 1.82) is 0 Å². The van der Waals surface area contributed by atoms with Gasteiger partial charge in [0, 0.05) is 13.0 Å². The van der Waals surface area contributed by atoms with Gasteiger partial charge in [0.2, 0.25) is 17.7 Å². The normalized spacial score (nSPS) is 11.6. The van der Waals surface area contributed by atoms with Crippen molar-refractivity contribution in [1.82, 2.24) is 10.6 Å². The van der Waals surface area contributed by atoms with E-state index in [0.717, 1.165) is 37.7 Å². The molecule has 1 aromatic rings. The minimum atomic E-state index is -1.01. The van der Waals surface area contributed by atoms with Gasteiger partial charge >= 0.3 is 0 Å². The number of nitrogens with one attached hydrogen (secondary N) is 2. The van der Waals surface area contributed by atoms with E-state index < -0.39 is 17.9 Å². The SMILES string of the molecule is CCCCCCCC(=O)N[C@H](CC(N)=O)C(=O)NCCc1ccc(O)c(O)c1. The highest BCUT2D eigenvalue weighted by molar-refractivity contribution is 5.91. The largest absolute Gasteiger partial charge is 0.504 e. The number of primary amides is 1. The molecule has 156 valence electrons. The summed E-state index contributed by atoms with van der Waals surface area (Å²) in [6.45, 7) is 2.36. The Bertz CT molecular complexity index is 663. The highest BCUT2D eigenvalue weighted by Crippen LogP contribution is 2.24. The van der Waals surface area contributed by atoms with Crippen molar-refractivity contribution < 1.29 is 24.6 Å². The lowest BCUT2D eigenvalue weighted by molar-refractivity contribution is -0.131. The Morgan fingerprint density at radius 2 is 1.79 bits per heavy atom. The number of nitrogens with two attached hydrogens (primary N) is 1. The topological polar surface area (TPSA) is 142 Å². The Kier molecular flexibility index (Phi) is 10.5. The average molecular weight is 393 g/mol. The molecule has 1 rings (SSSR count). The van der Waals surface area contributed by atoms with Gasteiger partial charge in [0.1, 0.15) is 6.04 Å². The third-order valence-electron chi connectivity index (χ3n) is 4.32. The number of carbonyl (C=O) groups is 3. The van der Waals surface area contributed by atoms with Crippen LogP contribution in [-0.2, 0) is 20.8 Å². The quantitative estimate of drug-likeness (QED) is 0.255. The molecule has 8 nitrogen and oxygen atoms in total. The first-order chi connectivity index (χ1) is 13.3.